The highest BCUT2D eigenvalue weighted by atomic mass is 79.9. The maximum absolute atomic E-state index is 9.02. The number of aliphatic hydroxyl groups excluding tert-OH is 1. The van der Waals surface area contributed by atoms with Crippen molar-refractivity contribution in [3.05, 3.63) is 33.8 Å². The van der Waals surface area contributed by atoms with Crippen molar-refractivity contribution in [3.8, 4) is 0 Å². The van der Waals surface area contributed by atoms with E-state index in [-0.39, 0.29) is 6.61 Å². The fourth-order valence-corrected chi connectivity index (χ4v) is 2.14. The molecule has 0 amide bonds. The average Bonchev–Trinajstić information content (AvgIpc) is 2.88. The lowest BCUT2D eigenvalue weighted by Crippen LogP contribution is -1.89. The Balaban J connectivity index is 2.40. The van der Waals surface area contributed by atoms with E-state index in [0.717, 1.165) is 16.0 Å². The van der Waals surface area contributed by atoms with Crippen LogP contribution < -0.4 is 0 Å². The Bertz CT molecular complexity index is 292. The van der Waals surface area contributed by atoms with Gasteiger partial charge in [0.2, 0.25) is 0 Å². The minimum atomic E-state index is 0.126. The summed E-state index contributed by atoms with van der Waals surface area (Å²) in [7, 11) is 0. The van der Waals surface area contributed by atoms with Gasteiger partial charge >= 0.3 is 0 Å². The zero-order chi connectivity index (χ0) is 8.55. The Morgan fingerprint density at radius 3 is 2.75 bits per heavy atom. The lowest BCUT2D eigenvalue weighted by Gasteiger charge is -2.05. The lowest BCUT2D eigenvalue weighted by atomic mass is 10.1. The predicted octanol–water partition coefficient (Wildman–Crippen LogP) is 2.82. The SMILES string of the molecule is OCc1cccc(C2CC2)c1Br. The molecule has 0 atom stereocenters. The van der Waals surface area contributed by atoms with Gasteiger partial charge in [-0.15, -0.1) is 0 Å². The standard InChI is InChI=1S/C10H11BrO/c11-10-8(6-12)2-1-3-9(10)7-4-5-7/h1-3,7,12H,4-6H2. The molecule has 0 heterocycles. The van der Waals surface area contributed by atoms with Crippen molar-refractivity contribution in [2.45, 2.75) is 25.4 Å². The van der Waals surface area contributed by atoms with Crippen LogP contribution in [0.5, 0.6) is 0 Å². The molecule has 1 saturated carbocycles. The molecular formula is C10H11BrO. The van der Waals surface area contributed by atoms with Crippen LogP contribution in [-0.2, 0) is 6.61 Å². The molecule has 2 rings (SSSR count). The Kier molecular flexibility index (Phi) is 2.20. The second kappa shape index (κ2) is 3.19. The molecule has 1 aromatic carbocycles. The van der Waals surface area contributed by atoms with Crippen LogP contribution in [0.25, 0.3) is 0 Å². The molecule has 2 heteroatoms. The van der Waals surface area contributed by atoms with E-state index in [1.165, 1.54) is 18.4 Å². The van der Waals surface area contributed by atoms with Crippen LogP contribution in [0.4, 0.5) is 0 Å². The van der Waals surface area contributed by atoms with Crippen molar-refractivity contribution in [3.63, 3.8) is 0 Å². The third-order valence-electron chi connectivity index (χ3n) is 2.30. The van der Waals surface area contributed by atoms with E-state index >= 15 is 0 Å². The Morgan fingerprint density at radius 1 is 1.42 bits per heavy atom. The van der Waals surface area contributed by atoms with Gasteiger partial charge < -0.3 is 5.11 Å². The molecule has 1 aromatic rings. The monoisotopic (exact) mass is 226 g/mol. The van der Waals surface area contributed by atoms with Crippen LogP contribution in [0.15, 0.2) is 22.7 Å². The highest BCUT2D eigenvalue weighted by Crippen LogP contribution is 2.43. The van der Waals surface area contributed by atoms with E-state index in [4.69, 9.17) is 5.11 Å². The first-order valence-corrected chi connectivity index (χ1v) is 5.00. The zero-order valence-corrected chi connectivity index (χ0v) is 8.34. The molecular weight excluding hydrogens is 216 g/mol. The van der Waals surface area contributed by atoms with E-state index in [1.54, 1.807) is 0 Å². The summed E-state index contributed by atoms with van der Waals surface area (Å²) in [4.78, 5) is 0. The van der Waals surface area contributed by atoms with Gasteiger partial charge in [-0.1, -0.05) is 34.1 Å². The molecule has 12 heavy (non-hydrogen) atoms. The van der Waals surface area contributed by atoms with Crippen molar-refractivity contribution >= 4 is 15.9 Å². The van der Waals surface area contributed by atoms with Crippen LogP contribution >= 0.6 is 15.9 Å². The van der Waals surface area contributed by atoms with Crippen LogP contribution in [0.2, 0.25) is 0 Å². The van der Waals surface area contributed by atoms with Gasteiger partial charge in [-0.05, 0) is 29.9 Å². The zero-order valence-electron chi connectivity index (χ0n) is 6.76. The molecule has 0 spiro atoms. The number of hydrogen-bond donors (Lipinski definition) is 1. The smallest absolute Gasteiger partial charge is 0.0692 e. The van der Waals surface area contributed by atoms with Gasteiger partial charge in [-0.3, -0.25) is 0 Å². The second-order valence-corrected chi connectivity index (χ2v) is 4.05. The van der Waals surface area contributed by atoms with Gasteiger partial charge in [-0.25, -0.2) is 0 Å². The van der Waals surface area contributed by atoms with Gasteiger partial charge in [0.05, 0.1) is 6.61 Å². The summed E-state index contributed by atoms with van der Waals surface area (Å²) in [5.41, 5.74) is 2.36. The first kappa shape index (κ1) is 8.27. The summed E-state index contributed by atoms with van der Waals surface area (Å²) < 4.78 is 1.11. The van der Waals surface area contributed by atoms with E-state index in [9.17, 15) is 0 Å². The number of benzene rings is 1. The molecule has 0 bridgehead atoms. The minimum Gasteiger partial charge on any atom is -0.392 e. The van der Waals surface area contributed by atoms with Crippen molar-refractivity contribution in [1.29, 1.82) is 0 Å². The number of halogens is 1. The van der Waals surface area contributed by atoms with Crippen molar-refractivity contribution in [2.75, 3.05) is 0 Å². The van der Waals surface area contributed by atoms with Crippen molar-refractivity contribution < 1.29 is 5.11 Å². The molecule has 0 radical (unpaired) electrons. The van der Waals surface area contributed by atoms with Crippen LogP contribution in [0, 0.1) is 0 Å². The Morgan fingerprint density at radius 2 is 2.17 bits per heavy atom. The largest absolute Gasteiger partial charge is 0.392 e. The molecule has 0 aromatic heterocycles. The molecule has 0 aliphatic heterocycles. The van der Waals surface area contributed by atoms with E-state index < -0.39 is 0 Å². The third kappa shape index (κ3) is 1.41. The number of hydrogen-bond acceptors (Lipinski definition) is 1. The summed E-state index contributed by atoms with van der Waals surface area (Å²) in [6.07, 6.45) is 2.60. The van der Waals surface area contributed by atoms with Gasteiger partial charge in [0, 0.05) is 4.47 Å². The van der Waals surface area contributed by atoms with Gasteiger partial charge in [0.15, 0.2) is 0 Å². The summed E-state index contributed by atoms with van der Waals surface area (Å²) in [6.45, 7) is 0.126. The van der Waals surface area contributed by atoms with Crippen LogP contribution in [-0.4, -0.2) is 5.11 Å². The normalized spacial score (nSPS) is 16.5. The van der Waals surface area contributed by atoms with Gasteiger partial charge in [0.25, 0.3) is 0 Å². The summed E-state index contributed by atoms with van der Waals surface area (Å²) >= 11 is 3.52. The fraction of sp³-hybridized carbons (Fsp3) is 0.400. The summed E-state index contributed by atoms with van der Waals surface area (Å²) in [6, 6.07) is 6.11. The molecule has 0 unspecified atom stereocenters. The first-order valence-electron chi connectivity index (χ1n) is 4.21. The highest BCUT2D eigenvalue weighted by Gasteiger charge is 2.25. The van der Waals surface area contributed by atoms with Crippen LogP contribution in [0.3, 0.4) is 0 Å². The molecule has 1 aliphatic carbocycles. The van der Waals surface area contributed by atoms with E-state index in [1.807, 2.05) is 12.1 Å². The molecule has 1 nitrogen and oxygen atoms in total. The maximum atomic E-state index is 9.02. The van der Waals surface area contributed by atoms with Crippen molar-refractivity contribution in [2.24, 2.45) is 0 Å². The van der Waals surface area contributed by atoms with E-state index in [0.29, 0.717) is 0 Å². The van der Waals surface area contributed by atoms with Crippen molar-refractivity contribution in [1.82, 2.24) is 0 Å². The topological polar surface area (TPSA) is 20.2 Å². The van der Waals surface area contributed by atoms with Crippen LogP contribution in [0.1, 0.15) is 29.9 Å². The van der Waals surface area contributed by atoms with Gasteiger partial charge in [-0.2, -0.15) is 0 Å². The lowest BCUT2D eigenvalue weighted by molar-refractivity contribution is 0.281. The first-order chi connectivity index (χ1) is 5.83. The minimum absolute atomic E-state index is 0.126. The quantitative estimate of drug-likeness (QED) is 0.823. The third-order valence-corrected chi connectivity index (χ3v) is 3.26. The predicted molar refractivity (Wildman–Crippen MR) is 52.0 cm³/mol. The van der Waals surface area contributed by atoms with E-state index in [2.05, 4.69) is 22.0 Å². The number of rotatable bonds is 2. The summed E-state index contributed by atoms with van der Waals surface area (Å²) in [5, 5.41) is 9.02. The molecule has 1 fully saturated rings. The Hall–Kier alpha value is -0.340. The van der Waals surface area contributed by atoms with Gasteiger partial charge in [0.1, 0.15) is 0 Å². The molecule has 0 saturated heterocycles. The molecule has 64 valence electrons. The summed E-state index contributed by atoms with van der Waals surface area (Å²) in [5.74, 6) is 0.742. The Labute approximate surface area is 80.5 Å². The highest BCUT2D eigenvalue weighted by molar-refractivity contribution is 9.10. The fourth-order valence-electron chi connectivity index (χ4n) is 1.43. The molecule has 1 N–H and O–H groups in total. The maximum Gasteiger partial charge on any atom is 0.0692 e. The number of aliphatic hydroxyl groups is 1. The average molecular weight is 227 g/mol. The second-order valence-electron chi connectivity index (χ2n) is 3.25. The molecule has 1 aliphatic rings.